The standard InChI is InChI=1S/C21H31NO4/c1-18-8-7-16(23)22-15(18)5-4-13-14-6-9-21(25-10-11-26-21)19(14,2)12-20(3,24)17(13)18/h5,13-14,17,24H,4,6-12H2,1-3H3,(H,22,23)/t13?,14?,17?,18-,19-,20?/m0/s1. The van der Waals surface area contributed by atoms with Crippen molar-refractivity contribution in [1.82, 2.24) is 5.32 Å². The lowest BCUT2D eigenvalue weighted by atomic mass is 9.45. The summed E-state index contributed by atoms with van der Waals surface area (Å²) in [5.74, 6) is 0.640. The summed E-state index contributed by atoms with van der Waals surface area (Å²) in [7, 11) is 0. The second-order valence-corrected chi connectivity index (χ2v) is 10.0. The van der Waals surface area contributed by atoms with Gasteiger partial charge in [-0.2, -0.15) is 0 Å². The van der Waals surface area contributed by atoms with Gasteiger partial charge in [0, 0.05) is 35.3 Å². The van der Waals surface area contributed by atoms with Crippen LogP contribution in [0.4, 0.5) is 0 Å². The van der Waals surface area contributed by atoms with Gasteiger partial charge in [0.25, 0.3) is 0 Å². The molecule has 2 aliphatic heterocycles. The van der Waals surface area contributed by atoms with Gasteiger partial charge in [-0.15, -0.1) is 0 Å². The molecule has 2 saturated carbocycles. The second-order valence-electron chi connectivity index (χ2n) is 10.0. The van der Waals surface area contributed by atoms with Crippen molar-refractivity contribution in [2.24, 2.45) is 28.6 Å². The monoisotopic (exact) mass is 361 g/mol. The third-order valence-electron chi connectivity index (χ3n) is 8.61. The predicted molar refractivity (Wildman–Crippen MR) is 95.9 cm³/mol. The molecule has 144 valence electrons. The quantitative estimate of drug-likeness (QED) is 0.696. The molecule has 0 aromatic carbocycles. The van der Waals surface area contributed by atoms with Crippen molar-refractivity contribution in [3.8, 4) is 0 Å². The van der Waals surface area contributed by atoms with Crippen molar-refractivity contribution < 1.29 is 19.4 Å². The molecule has 5 aliphatic rings. The summed E-state index contributed by atoms with van der Waals surface area (Å²) in [6, 6.07) is 0. The molecule has 1 spiro atoms. The maximum Gasteiger partial charge on any atom is 0.224 e. The van der Waals surface area contributed by atoms with E-state index in [2.05, 4.69) is 25.2 Å². The number of hydrogen-bond donors (Lipinski definition) is 2. The van der Waals surface area contributed by atoms with Crippen LogP contribution in [0.1, 0.15) is 59.3 Å². The highest BCUT2D eigenvalue weighted by Gasteiger charge is 2.71. The number of nitrogens with one attached hydrogen (secondary N) is 1. The molecule has 0 aromatic heterocycles. The lowest BCUT2D eigenvalue weighted by Crippen LogP contribution is -2.65. The van der Waals surface area contributed by atoms with Crippen LogP contribution in [-0.4, -0.2) is 35.6 Å². The molecule has 0 bridgehead atoms. The Labute approximate surface area is 155 Å². The van der Waals surface area contributed by atoms with Gasteiger partial charge in [-0.05, 0) is 44.4 Å². The zero-order valence-corrected chi connectivity index (χ0v) is 16.1. The van der Waals surface area contributed by atoms with Crippen molar-refractivity contribution in [3.05, 3.63) is 11.8 Å². The Bertz CT molecular complexity index is 679. The first-order chi connectivity index (χ1) is 12.2. The molecule has 6 atom stereocenters. The molecule has 2 saturated heterocycles. The number of hydrogen-bond acceptors (Lipinski definition) is 4. The first-order valence-electron chi connectivity index (χ1n) is 10.2. The van der Waals surface area contributed by atoms with Crippen molar-refractivity contribution in [3.63, 3.8) is 0 Å². The minimum absolute atomic E-state index is 0.111. The van der Waals surface area contributed by atoms with E-state index < -0.39 is 11.4 Å². The van der Waals surface area contributed by atoms with Crippen molar-refractivity contribution in [1.29, 1.82) is 0 Å². The highest BCUT2D eigenvalue weighted by molar-refractivity contribution is 5.79. The van der Waals surface area contributed by atoms with Crippen molar-refractivity contribution >= 4 is 5.91 Å². The van der Waals surface area contributed by atoms with E-state index in [1.807, 2.05) is 6.92 Å². The summed E-state index contributed by atoms with van der Waals surface area (Å²) >= 11 is 0. The van der Waals surface area contributed by atoms with Gasteiger partial charge in [0.15, 0.2) is 5.79 Å². The molecule has 26 heavy (non-hydrogen) atoms. The Morgan fingerprint density at radius 2 is 1.92 bits per heavy atom. The predicted octanol–water partition coefficient (Wildman–Crippen LogP) is 2.74. The summed E-state index contributed by atoms with van der Waals surface area (Å²) in [5.41, 5.74) is -0.0819. The van der Waals surface area contributed by atoms with Crippen LogP contribution in [0.5, 0.6) is 0 Å². The number of piperidine rings is 1. The van der Waals surface area contributed by atoms with Crippen LogP contribution < -0.4 is 5.32 Å². The van der Waals surface area contributed by atoms with Gasteiger partial charge in [0.05, 0.1) is 18.8 Å². The summed E-state index contributed by atoms with van der Waals surface area (Å²) < 4.78 is 12.4. The van der Waals surface area contributed by atoms with Crippen LogP contribution in [-0.2, 0) is 14.3 Å². The Hall–Kier alpha value is -0.910. The molecular weight excluding hydrogens is 330 g/mol. The summed E-state index contributed by atoms with van der Waals surface area (Å²) in [4.78, 5) is 11.9. The van der Waals surface area contributed by atoms with Crippen LogP contribution in [0.2, 0.25) is 0 Å². The van der Waals surface area contributed by atoms with Gasteiger partial charge >= 0.3 is 0 Å². The topological polar surface area (TPSA) is 67.8 Å². The fourth-order valence-electron chi connectivity index (χ4n) is 7.84. The van der Waals surface area contributed by atoms with Crippen LogP contribution in [0.25, 0.3) is 0 Å². The number of carbonyl (C=O) groups is 1. The molecule has 1 amide bonds. The van der Waals surface area contributed by atoms with E-state index in [0.717, 1.165) is 31.4 Å². The van der Waals surface area contributed by atoms with Crippen LogP contribution >= 0.6 is 0 Å². The molecule has 5 heteroatoms. The van der Waals surface area contributed by atoms with Crippen LogP contribution in [0.3, 0.4) is 0 Å². The third kappa shape index (κ3) is 1.95. The molecule has 0 aromatic rings. The number of ether oxygens (including phenoxy) is 2. The molecular formula is C21H31NO4. The summed E-state index contributed by atoms with van der Waals surface area (Å²) in [6.45, 7) is 7.86. The minimum Gasteiger partial charge on any atom is -0.390 e. The Balaban J connectivity index is 1.59. The van der Waals surface area contributed by atoms with E-state index in [9.17, 15) is 9.90 Å². The fourth-order valence-corrected chi connectivity index (χ4v) is 7.84. The highest BCUT2D eigenvalue weighted by Crippen LogP contribution is 2.70. The molecule has 4 unspecified atom stereocenters. The van der Waals surface area contributed by atoms with E-state index >= 15 is 0 Å². The average Bonchev–Trinajstić information content (AvgIpc) is 3.14. The first-order valence-corrected chi connectivity index (χ1v) is 10.2. The van der Waals surface area contributed by atoms with E-state index in [1.165, 1.54) is 0 Å². The smallest absolute Gasteiger partial charge is 0.224 e. The number of fused-ring (bicyclic) bond motifs is 6. The van der Waals surface area contributed by atoms with Gasteiger partial charge in [0.2, 0.25) is 5.91 Å². The van der Waals surface area contributed by atoms with Crippen LogP contribution in [0, 0.1) is 28.6 Å². The summed E-state index contributed by atoms with van der Waals surface area (Å²) in [6.07, 6.45) is 7.25. The second kappa shape index (κ2) is 5.12. The number of amides is 1. The Morgan fingerprint density at radius 1 is 1.19 bits per heavy atom. The minimum atomic E-state index is -0.807. The SMILES string of the molecule is CC1(O)C[C@@]2(C)C(CCC23OCCO3)C2CC=C3NC(=O)CC[C@]3(C)C21. The first kappa shape index (κ1) is 17.2. The van der Waals surface area contributed by atoms with Gasteiger partial charge in [-0.1, -0.05) is 19.9 Å². The number of aliphatic hydroxyl groups is 1. The zero-order valence-electron chi connectivity index (χ0n) is 16.1. The van der Waals surface area contributed by atoms with Crippen molar-refractivity contribution in [2.75, 3.05) is 13.2 Å². The number of rotatable bonds is 0. The third-order valence-corrected chi connectivity index (χ3v) is 8.61. The molecule has 5 nitrogen and oxygen atoms in total. The number of carbonyl (C=O) groups excluding carboxylic acids is 1. The maximum absolute atomic E-state index is 11.9. The largest absolute Gasteiger partial charge is 0.390 e. The average molecular weight is 361 g/mol. The lowest BCUT2D eigenvalue weighted by molar-refractivity contribution is -0.272. The van der Waals surface area contributed by atoms with E-state index in [4.69, 9.17) is 9.47 Å². The van der Waals surface area contributed by atoms with E-state index in [1.54, 1.807) is 0 Å². The Morgan fingerprint density at radius 3 is 2.65 bits per heavy atom. The molecule has 3 aliphatic carbocycles. The van der Waals surface area contributed by atoms with Crippen molar-refractivity contribution in [2.45, 2.75) is 70.7 Å². The maximum atomic E-state index is 11.9. The molecule has 2 heterocycles. The molecule has 2 N–H and O–H groups in total. The molecule has 5 rings (SSSR count). The molecule has 4 fully saturated rings. The van der Waals surface area contributed by atoms with E-state index in [-0.39, 0.29) is 22.7 Å². The molecule has 0 radical (unpaired) electrons. The fraction of sp³-hybridized carbons (Fsp3) is 0.857. The van der Waals surface area contributed by atoms with E-state index in [0.29, 0.717) is 37.9 Å². The lowest BCUT2D eigenvalue weighted by Gasteiger charge is -2.63. The van der Waals surface area contributed by atoms with Gasteiger partial charge in [-0.25, -0.2) is 0 Å². The number of allylic oxidation sites excluding steroid dienone is 2. The van der Waals surface area contributed by atoms with Crippen LogP contribution in [0.15, 0.2) is 11.8 Å². The summed E-state index contributed by atoms with van der Waals surface area (Å²) in [5, 5.41) is 14.9. The Kier molecular flexibility index (Phi) is 3.39. The zero-order chi connectivity index (χ0) is 18.4. The normalized spacial score (nSPS) is 52.1. The van der Waals surface area contributed by atoms with Gasteiger partial charge in [-0.3, -0.25) is 4.79 Å². The highest BCUT2D eigenvalue weighted by atomic mass is 16.7. The van der Waals surface area contributed by atoms with Gasteiger partial charge < -0.3 is 19.9 Å². The van der Waals surface area contributed by atoms with Gasteiger partial charge in [0.1, 0.15) is 0 Å².